The van der Waals surface area contributed by atoms with Gasteiger partial charge in [-0.25, -0.2) is 0 Å². The largest absolute Gasteiger partial charge is 0.345 e. The van der Waals surface area contributed by atoms with E-state index < -0.39 is 8.53 Å². The lowest BCUT2D eigenvalue weighted by atomic mass is 10.1. The summed E-state index contributed by atoms with van der Waals surface area (Å²) >= 11 is 0. The first-order chi connectivity index (χ1) is 5.54. The number of amides is 1. The second-order valence-electron chi connectivity index (χ2n) is 3.15. The number of hydrogen-bond donors (Lipinski definition) is 0. The zero-order valence-corrected chi connectivity index (χ0v) is 8.27. The standard InChI is InChI=1S/C8H16NOP/c1-6(11-3)7-4-5-9(2)8(7)10/h6-7,11H,4-5H2,1-3H3/i11T. The molecule has 1 fully saturated rings. The van der Waals surface area contributed by atoms with Gasteiger partial charge in [-0.3, -0.25) is 4.79 Å². The van der Waals surface area contributed by atoms with Crippen molar-refractivity contribution in [2.24, 2.45) is 5.92 Å². The highest BCUT2D eigenvalue weighted by Gasteiger charge is 2.32. The lowest BCUT2D eigenvalue weighted by Crippen LogP contribution is -2.26. The van der Waals surface area contributed by atoms with E-state index in [1.807, 2.05) is 20.6 Å². The molecular formula is C8H16NOP. The van der Waals surface area contributed by atoms with Crippen LogP contribution in [0.25, 0.3) is 0 Å². The first-order valence-electron chi connectivity index (χ1n) is 4.45. The van der Waals surface area contributed by atoms with E-state index in [0.29, 0.717) is 0 Å². The molecule has 1 saturated heterocycles. The van der Waals surface area contributed by atoms with Gasteiger partial charge in [-0.05, 0) is 18.7 Å². The maximum absolute atomic E-state index is 11.5. The molecule has 0 aromatic heterocycles. The Balaban J connectivity index is 2.59. The second-order valence-corrected chi connectivity index (χ2v) is 4.48. The third kappa shape index (κ3) is 1.73. The third-order valence-electron chi connectivity index (χ3n) is 2.46. The molecule has 0 aromatic rings. The lowest BCUT2D eigenvalue weighted by Gasteiger charge is -2.15. The van der Waals surface area contributed by atoms with E-state index in [1.165, 1.54) is 0 Å². The zero-order chi connectivity index (χ0) is 9.30. The molecule has 1 amide bonds. The van der Waals surface area contributed by atoms with Gasteiger partial charge in [-0.1, -0.05) is 6.92 Å². The molecule has 0 spiro atoms. The molecule has 1 rings (SSSR count). The van der Waals surface area contributed by atoms with Gasteiger partial charge in [0.1, 0.15) is 0 Å². The maximum Gasteiger partial charge on any atom is 0.226 e. The minimum absolute atomic E-state index is 0.128. The maximum atomic E-state index is 11.5. The number of hydrogen-bond acceptors (Lipinski definition) is 1. The van der Waals surface area contributed by atoms with E-state index in [4.69, 9.17) is 1.28 Å². The van der Waals surface area contributed by atoms with E-state index in [-0.39, 0.29) is 17.5 Å². The van der Waals surface area contributed by atoms with Crippen molar-refractivity contribution < 1.29 is 4.79 Å². The van der Waals surface area contributed by atoms with Crippen LogP contribution in [-0.4, -0.2) is 38.0 Å². The molecular weight excluding hydrogens is 157 g/mol. The molecule has 0 saturated carbocycles. The molecule has 0 N–H and O–H groups in total. The summed E-state index contributed by atoms with van der Waals surface area (Å²) < 4.78 is 7.60. The minimum Gasteiger partial charge on any atom is -0.345 e. The SMILES string of the molecule is [3H]P(C)C(C)C1CCN(C)C1=O. The summed E-state index contributed by atoms with van der Waals surface area (Å²) in [5.41, 5.74) is 0.262. The van der Waals surface area contributed by atoms with Gasteiger partial charge in [0, 0.05) is 19.5 Å². The molecule has 0 bridgehead atoms. The van der Waals surface area contributed by atoms with Crippen molar-refractivity contribution in [3.63, 3.8) is 0 Å². The Bertz CT molecular complexity index is 186. The normalized spacial score (nSPS) is 31.9. The van der Waals surface area contributed by atoms with Crippen molar-refractivity contribution in [1.29, 1.82) is 1.28 Å². The molecule has 0 aromatic carbocycles. The zero-order valence-electron chi connectivity index (χ0n) is 8.37. The number of rotatable bonds is 2. The quantitative estimate of drug-likeness (QED) is 0.577. The summed E-state index contributed by atoms with van der Waals surface area (Å²) in [7, 11) is 1.13. The van der Waals surface area contributed by atoms with Gasteiger partial charge >= 0.3 is 0 Å². The summed E-state index contributed by atoms with van der Waals surface area (Å²) in [5, 5.41) is 0. The fourth-order valence-electron chi connectivity index (χ4n) is 1.48. The van der Waals surface area contributed by atoms with Gasteiger partial charge in [0.25, 0.3) is 0 Å². The smallest absolute Gasteiger partial charge is 0.226 e. The van der Waals surface area contributed by atoms with Crippen LogP contribution in [0.2, 0.25) is 0 Å². The van der Waals surface area contributed by atoms with Crippen molar-refractivity contribution in [1.82, 2.24) is 4.90 Å². The number of carbonyl (C=O) groups is 1. The number of carbonyl (C=O) groups excluding carboxylic acids is 1. The van der Waals surface area contributed by atoms with Crippen LogP contribution < -0.4 is 0 Å². The lowest BCUT2D eigenvalue weighted by molar-refractivity contribution is -0.129. The van der Waals surface area contributed by atoms with Crippen LogP contribution in [0.15, 0.2) is 0 Å². The minimum atomic E-state index is -0.716. The first kappa shape index (κ1) is 7.54. The van der Waals surface area contributed by atoms with E-state index in [2.05, 4.69) is 0 Å². The average Bonchev–Trinajstić information content (AvgIpc) is 2.32. The Morgan fingerprint density at radius 2 is 2.55 bits per heavy atom. The van der Waals surface area contributed by atoms with Crippen molar-refractivity contribution >= 4 is 14.4 Å². The van der Waals surface area contributed by atoms with Crippen molar-refractivity contribution in [3.05, 3.63) is 0 Å². The summed E-state index contributed by atoms with van der Waals surface area (Å²) in [4.78, 5) is 13.3. The van der Waals surface area contributed by atoms with E-state index in [1.54, 1.807) is 4.90 Å². The van der Waals surface area contributed by atoms with Crippen LogP contribution in [-0.2, 0) is 4.79 Å². The molecule has 11 heavy (non-hydrogen) atoms. The fraction of sp³-hybridized carbons (Fsp3) is 0.875. The summed E-state index contributed by atoms with van der Waals surface area (Å²) in [6.45, 7) is 4.82. The Morgan fingerprint density at radius 3 is 2.91 bits per heavy atom. The molecule has 3 atom stereocenters. The summed E-state index contributed by atoms with van der Waals surface area (Å²) in [6, 6.07) is 0. The van der Waals surface area contributed by atoms with Crippen molar-refractivity contribution in [2.75, 3.05) is 20.3 Å². The van der Waals surface area contributed by atoms with Crippen LogP contribution in [0.4, 0.5) is 0 Å². The Hall–Kier alpha value is -0.100. The van der Waals surface area contributed by atoms with E-state index in [0.717, 1.165) is 13.0 Å². The molecule has 2 nitrogen and oxygen atoms in total. The molecule has 1 heterocycles. The van der Waals surface area contributed by atoms with Crippen LogP contribution in [0, 0.1) is 5.92 Å². The first-order valence-corrected chi connectivity index (χ1v) is 5.42. The van der Waals surface area contributed by atoms with Gasteiger partial charge in [-0.15, -0.1) is 8.53 Å². The highest BCUT2D eigenvalue weighted by molar-refractivity contribution is 7.37. The summed E-state index contributed by atoms with van der Waals surface area (Å²) in [6.07, 6.45) is 0.946. The second kappa shape index (κ2) is 3.53. The number of likely N-dealkylation sites (tertiary alicyclic amines) is 1. The van der Waals surface area contributed by atoms with Crippen LogP contribution >= 0.6 is 8.53 Å². The fourth-order valence-corrected chi connectivity index (χ4v) is 2.11. The predicted octanol–water partition coefficient (Wildman–Crippen LogP) is 1.16. The highest BCUT2D eigenvalue weighted by atomic mass is 31.1. The molecule has 1 aliphatic rings. The molecule has 1 aliphatic heterocycles. The van der Waals surface area contributed by atoms with Crippen LogP contribution in [0.5, 0.6) is 0 Å². The molecule has 0 aliphatic carbocycles. The molecule has 0 radical (unpaired) electrons. The van der Waals surface area contributed by atoms with Crippen molar-refractivity contribution in [3.8, 4) is 0 Å². The molecule has 64 valence electrons. The molecule has 3 unspecified atom stereocenters. The molecule has 3 heteroatoms. The van der Waals surface area contributed by atoms with Gasteiger partial charge in [0.2, 0.25) is 5.91 Å². The van der Waals surface area contributed by atoms with Gasteiger partial charge in [0.05, 0.1) is 1.28 Å². The van der Waals surface area contributed by atoms with E-state index in [9.17, 15) is 4.79 Å². The highest BCUT2D eigenvalue weighted by Crippen LogP contribution is 2.29. The topological polar surface area (TPSA) is 20.3 Å². The van der Waals surface area contributed by atoms with Crippen LogP contribution in [0.3, 0.4) is 0 Å². The van der Waals surface area contributed by atoms with Crippen LogP contribution in [0.1, 0.15) is 13.3 Å². The van der Waals surface area contributed by atoms with Crippen molar-refractivity contribution in [2.45, 2.75) is 19.0 Å². The third-order valence-corrected chi connectivity index (χ3v) is 3.63. The predicted molar refractivity (Wildman–Crippen MR) is 49.4 cm³/mol. The average molecular weight is 175 g/mol. The monoisotopic (exact) mass is 175 g/mol. The Morgan fingerprint density at radius 1 is 1.91 bits per heavy atom. The van der Waals surface area contributed by atoms with Gasteiger partial charge < -0.3 is 4.90 Å². The van der Waals surface area contributed by atoms with Gasteiger partial charge in [0.15, 0.2) is 0 Å². The summed E-state index contributed by atoms with van der Waals surface area (Å²) in [5.74, 6) is 0.368. The van der Waals surface area contributed by atoms with Gasteiger partial charge in [-0.2, -0.15) is 0 Å². The number of nitrogens with zero attached hydrogens (tertiary/aromatic N) is 1. The Kier molecular flexibility index (Phi) is 2.42. The Labute approximate surface area is 71.4 Å². The van der Waals surface area contributed by atoms with E-state index >= 15 is 0 Å².